The van der Waals surface area contributed by atoms with Crippen LogP contribution >= 0.6 is 0 Å². The zero-order chi connectivity index (χ0) is 8.27. The maximum absolute atomic E-state index is 8.38. The molecule has 64 valence electrons. The summed E-state index contributed by atoms with van der Waals surface area (Å²) in [6, 6.07) is 7.31. The van der Waals surface area contributed by atoms with Gasteiger partial charge in [-0.3, -0.25) is 0 Å². The van der Waals surface area contributed by atoms with E-state index in [-0.39, 0.29) is 31.9 Å². The van der Waals surface area contributed by atoms with Crippen molar-refractivity contribution in [1.82, 2.24) is 0 Å². The van der Waals surface area contributed by atoms with Crippen LogP contribution in [-0.4, -0.2) is 14.1 Å². The number of diazo groups is 1. The fourth-order valence-electron chi connectivity index (χ4n) is 0.817. The molecule has 0 fully saturated rings. The van der Waals surface area contributed by atoms with Gasteiger partial charge in [0.1, 0.15) is 0 Å². The molecule has 0 radical (unpaired) electrons. The van der Waals surface area contributed by atoms with Crippen molar-refractivity contribution in [2.75, 3.05) is 19.0 Å². The van der Waals surface area contributed by atoms with Crippen LogP contribution < -0.4 is 17.3 Å². The number of anilines is 1. The predicted molar refractivity (Wildman–Crippen MR) is 45.5 cm³/mol. The minimum Gasteiger partial charge on any atom is -1.00 e. The van der Waals surface area contributed by atoms with Crippen LogP contribution in [0.3, 0.4) is 0 Å². The van der Waals surface area contributed by atoms with Crippen molar-refractivity contribution in [3.8, 4) is 0 Å². The standard InChI is InChI=1S/C8H10N3.ClH.Zn/c1-11(2)8-5-3-7(10-9)4-6-8;;/h3-6H,1-2H3;1H;/q+1;;+2/p-1. The third-order valence-electron chi connectivity index (χ3n) is 1.48. The Morgan fingerprint density at radius 3 is 1.92 bits per heavy atom. The average molecular weight is 249 g/mol. The molecule has 0 aliphatic rings. The van der Waals surface area contributed by atoms with Gasteiger partial charge in [-0.15, -0.1) is 0 Å². The second-order valence-electron chi connectivity index (χ2n) is 2.51. The maximum Gasteiger partial charge on any atom is 2.00 e. The van der Waals surface area contributed by atoms with Gasteiger partial charge in [-0.25, -0.2) is 0 Å². The van der Waals surface area contributed by atoms with Crippen molar-refractivity contribution < 1.29 is 31.9 Å². The van der Waals surface area contributed by atoms with Crippen molar-refractivity contribution >= 4 is 11.4 Å². The number of benzene rings is 1. The van der Waals surface area contributed by atoms with E-state index in [1.807, 2.05) is 31.1 Å². The average Bonchev–Trinajstić information content (AvgIpc) is 2.05. The van der Waals surface area contributed by atoms with Gasteiger partial charge in [0.15, 0.2) is 4.98 Å². The van der Waals surface area contributed by atoms with E-state index in [0.29, 0.717) is 5.69 Å². The fraction of sp³-hybridized carbons (Fsp3) is 0.250. The summed E-state index contributed by atoms with van der Waals surface area (Å²) in [5.41, 5.74) is 1.67. The van der Waals surface area contributed by atoms with Crippen LogP contribution in [0.1, 0.15) is 0 Å². The van der Waals surface area contributed by atoms with E-state index >= 15 is 0 Å². The van der Waals surface area contributed by atoms with Crippen molar-refractivity contribution in [2.45, 2.75) is 0 Å². The molecule has 0 aliphatic carbocycles. The van der Waals surface area contributed by atoms with Gasteiger partial charge < -0.3 is 17.3 Å². The molecule has 0 unspecified atom stereocenters. The fourth-order valence-corrected chi connectivity index (χ4v) is 0.817. The molecule has 0 saturated carbocycles. The van der Waals surface area contributed by atoms with Gasteiger partial charge in [-0.1, -0.05) is 0 Å². The molecule has 0 aromatic heterocycles. The summed E-state index contributed by atoms with van der Waals surface area (Å²) < 4.78 is 0. The number of nitrogens with zero attached hydrogens (tertiary/aromatic N) is 3. The number of rotatable bonds is 1. The second kappa shape index (κ2) is 6.83. The molecular weight excluding hydrogens is 239 g/mol. The van der Waals surface area contributed by atoms with E-state index in [2.05, 4.69) is 4.98 Å². The topological polar surface area (TPSA) is 31.4 Å². The Labute approximate surface area is 96.9 Å². The number of hydrogen-bond donors (Lipinski definition) is 0. The largest absolute Gasteiger partial charge is 2.00 e. The molecule has 1 aromatic rings. The molecule has 0 N–H and O–H groups in total. The van der Waals surface area contributed by atoms with Crippen molar-refractivity contribution in [3.63, 3.8) is 0 Å². The Morgan fingerprint density at radius 2 is 1.62 bits per heavy atom. The Kier molecular flexibility index (Phi) is 7.80. The molecule has 1 rings (SSSR count). The monoisotopic (exact) mass is 247 g/mol. The Hall–Kier alpha value is -0.647. The van der Waals surface area contributed by atoms with E-state index < -0.39 is 0 Å². The molecule has 0 amide bonds. The third kappa shape index (κ3) is 4.21. The van der Waals surface area contributed by atoms with Gasteiger partial charge in [0.2, 0.25) is 5.39 Å². The molecule has 1 aromatic carbocycles. The number of hydrogen-bond acceptors (Lipinski definition) is 2. The molecule has 13 heavy (non-hydrogen) atoms. The molecule has 0 spiro atoms. The van der Waals surface area contributed by atoms with Crippen molar-refractivity contribution in [3.05, 3.63) is 29.2 Å². The zero-order valence-corrected chi connectivity index (χ0v) is 11.5. The summed E-state index contributed by atoms with van der Waals surface area (Å²) in [5.74, 6) is 0. The molecule has 0 atom stereocenters. The van der Waals surface area contributed by atoms with Crippen LogP contribution in [0.2, 0.25) is 0 Å². The minimum absolute atomic E-state index is 0. The van der Waals surface area contributed by atoms with Gasteiger partial charge in [0.25, 0.3) is 0 Å². The van der Waals surface area contributed by atoms with E-state index in [0.717, 1.165) is 5.69 Å². The molecule has 0 aliphatic heterocycles. The molecule has 5 heteroatoms. The van der Waals surface area contributed by atoms with E-state index in [1.165, 1.54) is 0 Å². The molecule has 0 bridgehead atoms. The summed E-state index contributed by atoms with van der Waals surface area (Å²) in [6.45, 7) is 0. The SMILES string of the molecule is CN(C)c1ccc([N+]#N)cc1.[Cl-].[Zn+2]. The first-order valence-corrected chi connectivity index (χ1v) is 3.36. The van der Waals surface area contributed by atoms with Crippen LogP contribution in [-0.2, 0) is 19.5 Å². The minimum atomic E-state index is 0. The van der Waals surface area contributed by atoms with E-state index in [9.17, 15) is 0 Å². The smallest absolute Gasteiger partial charge is 1.00 e. The Bertz CT molecular complexity index is 278. The van der Waals surface area contributed by atoms with Gasteiger partial charge in [0, 0.05) is 31.9 Å². The normalized spacial score (nSPS) is 7.46. The zero-order valence-electron chi connectivity index (χ0n) is 7.74. The summed E-state index contributed by atoms with van der Waals surface area (Å²) >= 11 is 0. The van der Waals surface area contributed by atoms with Crippen molar-refractivity contribution in [1.29, 1.82) is 5.39 Å². The van der Waals surface area contributed by atoms with Gasteiger partial charge >= 0.3 is 25.2 Å². The third-order valence-corrected chi connectivity index (χ3v) is 1.48. The molecular formula is C8H10ClN3Zn+2. The van der Waals surface area contributed by atoms with E-state index in [4.69, 9.17) is 5.39 Å². The first-order valence-electron chi connectivity index (χ1n) is 3.36. The van der Waals surface area contributed by atoms with Crippen LogP contribution in [0.15, 0.2) is 24.3 Å². The van der Waals surface area contributed by atoms with Crippen LogP contribution in [0.4, 0.5) is 11.4 Å². The second-order valence-corrected chi connectivity index (χ2v) is 2.51. The Morgan fingerprint density at radius 1 is 1.15 bits per heavy atom. The van der Waals surface area contributed by atoms with Crippen LogP contribution in [0.25, 0.3) is 4.98 Å². The first kappa shape index (κ1) is 14.9. The summed E-state index contributed by atoms with van der Waals surface area (Å²) in [5, 5.41) is 8.38. The van der Waals surface area contributed by atoms with Crippen LogP contribution in [0.5, 0.6) is 0 Å². The van der Waals surface area contributed by atoms with Gasteiger partial charge in [-0.05, 0) is 12.1 Å². The first-order chi connectivity index (χ1) is 5.24. The maximum atomic E-state index is 8.38. The molecule has 3 nitrogen and oxygen atoms in total. The molecule has 0 heterocycles. The van der Waals surface area contributed by atoms with Gasteiger partial charge in [-0.2, -0.15) is 0 Å². The quantitative estimate of drug-likeness (QED) is 0.484. The number of halogens is 1. The summed E-state index contributed by atoms with van der Waals surface area (Å²) in [6.07, 6.45) is 0. The van der Waals surface area contributed by atoms with E-state index in [1.54, 1.807) is 12.1 Å². The van der Waals surface area contributed by atoms with Crippen molar-refractivity contribution in [2.24, 2.45) is 0 Å². The Balaban J connectivity index is 0. The molecule has 0 saturated heterocycles. The van der Waals surface area contributed by atoms with Crippen LogP contribution in [0, 0.1) is 5.39 Å². The van der Waals surface area contributed by atoms with Gasteiger partial charge in [0.05, 0.1) is 0 Å². The summed E-state index contributed by atoms with van der Waals surface area (Å²) in [7, 11) is 3.93. The predicted octanol–water partition coefficient (Wildman–Crippen LogP) is -0.761. The summed E-state index contributed by atoms with van der Waals surface area (Å²) in [4.78, 5) is 5.04.